The van der Waals surface area contributed by atoms with Crippen LogP contribution in [0.25, 0.3) is 0 Å². The zero-order valence-corrected chi connectivity index (χ0v) is 14.7. The molecule has 0 fully saturated rings. The summed E-state index contributed by atoms with van der Waals surface area (Å²) in [6.07, 6.45) is -4.45. The van der Waals surface area contributed by atoms with Crippen LogP contribution in [0.4, 0.5) is 17.6 Å². The van der Waals surface area contributed by atoms with E-state index in [1.807, 2.05) is 6.92 Å². The van der Waals surface area contributed by atoms with Gasteiger partial charge in [0.1, 0.15) is 10.8 Å². The van der Waals surface area contributed by atoms with Crippen molar-refractivity contribution in [3.8, 4) is 0 Å². The molecule has 0 saturated heterocycles. The lowest BCUT2D eigenvalue weighted by atomic mass is 10.1. The van der Waals surface area contributed by atoms with E-state index in [2.05, 4.69) is 20.6 Å². The van der Waals surface area contributed by atoms with Crippen LogP contribution < -0.4 is 10.6 Å². The first-order chi connectivity index (χ1) is 11.7. The van der Waals surface area contributed by atoms with E-state index in [0.29, 0.717) is 16.5 Å². The number of alkyl halides is 3. The Bertz CT molecular complexity index is 755. The van der Waals surface area contributed by atoms with E-state index in [9.17, 15) is 17.6 Å². The molecule has 9 heteroatoms. The van der Waals surface area contributed by atoms with Crippen molar-refractivity contribution in [1.29, 1.82) is 0 Å². The van der Waals surface area contributed by atoms with E-state index in [0.717, 1.165) is 22.3 Å². The van der Waals surface area contributed by atoms with Crippen molar-refractivity contribution in [2.75, 3.05) is 7.05 Å². The van der Waals surface area contributed by atoms with Crippen molar-refractivity contribution in [2.24, 2.45) is 4.99 Å². The molecule has 0 aliphatic heterocycles. The topological polar surface area (TPSA) is 49.3 Å². The van der Waals surface area contributed by atoms with E-state index >= 15 is 0 Å². The Morgan fingerprint density at radius 1 is 1.36 bits per heavy atom. The van der Waals surface area contributed by atoms with Crippen LogP contribution in [0.5, 0.6) is 0 Å². The molecule has 4 nitrogen and oxygen atoms in total. The van der Waals surface area contributed by atoms with Gasteiger partial charge >= 0.3 is 6.18 Å². The second-order valence-electron chi connectivity index (χ2n) is 5.42. The highest BCUT2D eigenvalue weighted by atomic mass is 32.1. The number of nitrogens with zero attached hydrogens (tertiary/aromatic N) is 2. The summed E-state index contributed by atoms with van der Waals surface area (Å²) in [6.45, 7) is 3.62. The second kappa shape index (κ2) is 7.81. The van der Waals surface area contributed by atoms with Gasteiger partial charge in [-0.1, -0.05) is 12.1 Å². The first-order valence-corrected chi connectivity index (χ1v) is 8.33. The molecule has 0 saturated carbocycles. The molecule has 1 unspecified atom stereocenters. The second-order valence-corrected chi connectivity index (χ2v) is 6.37. The number of benzene rings is 1. The van der Waals surface area contributed by atoms with E-state index in [1.54, 1.807) is 26.1 Å². The zero-order valence-electron chi connectivity index (χ0n) is 13.9. The fourth-order valence-corrected chi connectivity index (χ4v) is 2.78. The van der Waals surface area contributed by atoms with Crippen molar-refractivity contribution in [2.45, 2.75) is 32.6 Å². The Kier molecular flexibility index (Phi) is 5.99. The number of aryl methyl sites for hydroxylation is 1. The predicted molar refractivity (Wildman–Crippen MR) is 90.0 cm³/mol. The molecule has 1 aromatic heterocycles. The third-order valence-electron chi connectivity index (χ3n) is 3.52. The Balaban J connectivity index is 1.96. The van der Waals surface area contributed by atoms with Gasteiger partial charge in [-0.25, -0.2) is 9.37 Å². The van der Waals surface area contributed by atoms with Crippen molar-refractivity contribution < 1.29 is 17.6 Å². The summed E-state index contributed by atoms with van der Waals surface area (Å²) in [7, 11) is 1.54. The highest BCUT2D eigenvalue weighted by Gasteiger charge is 2.33. The van der Waals surface area contributed by atoms with E-state index in [4.69, 9.17) is 0 Å². The zero-order chi connectivity index (χ0) is 18.6. The molecule has 1 atom stereocenters. The first-order valence-electron chi connectivity index (χ1n) is 7.45. The number of hydrogen-bond donors (Lipinski definition) is 2. The quantitative estimate of drug-likeness (QED) is 0.483. The monoisotopic (exact) mass is 374 g/mol. The van der Waals surface area contributed by atoms with Crippen molar-refractivity contribution >= 4 is 17.3 Å². The molecular formula is C16H18F4N4S. The summed E-state index contributed by atoms with van der Waals surface area (Å²) < 4.78 is 51.3. The number of hydrogen-bond acceptors (Lipinski definition) is 3. The largest absolute Gasteiger partial charge is 0.434 e. The maximum atomic E-state index is 13.7. The number of nitrogens with one attached hydrogen (secondary N) is 2. The van der Waals surface area contributed by atoms with Crippen LogP contribution in [0.3, 0.4) is 0 Å². The number of halogens is 4. The minimum absolute atomic E-state index is 0.107. The van der Waals surface area contributed by atoms with Crippen LogP contribution in [-0.4, -0.2) is 18.0 Å². The normalized spacial score (nSPS) is 13.6. The Morgan fingerprint density at radius 2 is 2.08 bits per heavy atom. The van der Waals surface area contributed by atoms with E-state index in [1.165, 1.54) is 6.07 Å². The number of aliphatic imine (C=N–C) groups is 1. The highest BCUT2D eigenvalue weighted by Crippen LogP contribution is 2.29. The van der Waals surface area contributed by atoms with Gasteiger partial charge in [-0.2, -0.15) is 13.2 Å². The van der Waals surface area contributed by atoms with Crippen molar-refractivity contribution in [3.05, 3.63) is 51.2 Å². The molecular weight excluding hydrogens is 356 g/mol. The Hall–Kier alpha value is -2.16. The molecule has 0 spiro atoms. The third-order valence-corrected chi connectivity index (χ3v) is 4.37. The fourth-order valence-electron chi connectivity index (χ4n) is 2.04. The lowest BCUT2D eigenvalue weighted by Crippen LogP contribution is -2.38. The number of guanidine groups is 1. The van der Waals surface area contributed by atoms with Gasteiger partial charge in [0.25, 0.3) is 0 Å². The molecule has 0 radical (unpaired) electrons. The van der Waals surface area contributed by atoms with Crippen molar-refractivity contribution in [3.63, 3.8) is 0 Å². The number of aromatic nitrogens is 1. The molecule has 0 aliphatic carbocycles. The average molecular weight is 374 g/mol. The van der Waals surface area contributed by atoms with Crippen molar-refractivity contribution in [1.82, 2.24) is 15.6 Å². The van der Waals surface area contributed by atoms with Gasteiger partial charge in [0.15, 0.2) is 11.7 Å². The van der Waals surface area contributed by atoms with Crippen LogP contribution >= 0.6 is 11.3 Å². The first kappa shape index (κ1) is 19.2. The standard InChI is InChI=1S/C16H18F4N4S/c1-9-4-5-11(6-12(9)17)10(2)23-15(21-3)22-7-14-24-13(8-25-14)16(18,19)20/h4-6,8,10H,7H2,1-3H3,(H2,21,22,23). The summed E-state index contributed by atoms with van der Waals surface area (Å²) in [6, 6.07) is 4.70. The van der Waals surface area contributed by atoms with Gasteiger partial charge in [-0.15, -0.1) is 11.3 Å². The van der Waals surface area contributed by atoms with Gasteiger partial charge in [0, 0.05) is 12.4 Å². The SMILES string of the molecule is CN=C(NCc1nc(C(F)(F)F)cs1)NC(C)c1ccc(C)c(F)c1. The molecule has 2 aromatic rings. The molecule has 2 N–H and O–H groups in total. The molecule has 136 valence electrons. The summed E-state index contributed by atoms with van der Waals surface area (Å²) in [5.74, 6) is 0.0915. The minimum atomic E-state index is -4.45. The Morgan fingerprint density at radius 3 is 2.64 bits per heavy atom. The number of rotatable bonds is 4. The van der Waals surface area contributed by atoms with E-state index < -0.39 is 11.9 Å². The molecule has 1 heterocycles. The van der Waals surface area contributed by atoms with E-state index in [-0.39, 0.29) is 18.4 Å². The molecule has 1 aromatic carbocycles. The molecule has 25 heavy (non-hydrogen) atoms. The smallest absolute Gasteiger partial charge is 0.350 e. The highest BCUT2D eigenvalue weighted by molar-refractivity contribution is 7.09. The lowest BCUT2D eigenvalue weighted by Gasteiger charge is -2.18. The van der Waals surface area contributed by atoms with Crippen LogP contribution in [0, 0.1) is 12.7 Å². The third kappa shape index (κ3) is 5.15. The van der Waals surface area contributed by atoms with Gasteiger partial charge in [-0.05, 0) is 31.0 Å². The molecule has 0 aliphatic rings. The van der Waals surface area contributed by atoms with Gasteiger partial charge in [0.2, 0.25) is 0 Å². The van der Waals surface area contributed by atoms with Gasteiger partial charge in [0.05, 0.1) is 12.6 Å². The van der Waals surface area contributed by atoms with Gasteiger partial charge in [-0.3, -0.25) is 4.99 Å². The lowest BCUT2D eigenvalue weighted by molar-refractivity contribution is -0.140. The van der Waals surface area contributed by atoms with Crippen LogP contribution in [0.1, 0.15) is 34.8 Å². The summed E-state index contributed by atoms with van der Waals surface area (Å²) in [5.41, 5.74) is 0.392. The Labute approximate surface area is 147 Å². The summed E-state index contributed by atoms with van der Waals surface area (Å²) in [4.78, 5) is 7.56. The summed E-state index contributed by atoms with van der Waals surface area (Å²) >= 11 is 0.922. The molecule has 2 rings (SSSR count). The van der Waals surface area contributed by atoms with Crippen LogP contribution in [0.2, 0.25) is 0 Å². The maximum Gasteiger partial charge on any atom is 0.434 e. The molecule has 0 bridgehead atoms. The predicted octanol–water partition coefficient (Wildman–Crippen LogP) is 4.04. The van der Waals surface area contributed by atoms with Gasteiger partial charge < -0.3 is 10.6 Å². The maximum absolute atomic E-state index is 13.7. The van der Waals surface area contributed by atoms with Crippen LogP contribution in [0.15, 0.2) is 28.6 Å². The fraction of sp³-hybridized carbons (Fsp3) is 0.375. The minimum Gasteiger partial charge on any atom is -0.350 e. The average Bonchev–Trinajstić information content (AvgIpc) is 3.03. The van der Waals surface area contributed by atoms with Crippen LogP contribution in [-0.2, 0) is 12.7 Å². The number of thiazole rings is 1. The summed E-state index contributed by atoms with van der Waals surface area (Å²) in [5, 5.41) is 7.24. The molecule has 0 amide bonds.